The smallest absolute Gasteiger partial charge is 0.214 e. The minimum atomic E-state index is -3.05. The molecule has 0 aliphatic heterocycles. The molecule has 1 fully saturated rings. The Labute approximate surface area is 86.5 Å². The van der Waals surface area contributed by atoms with Crippen LogP contribution in [0.1, 0.15) is 32.1 Å². The quantitative estimate of drug-likeness (QED) is 0.662. The van der Waals surface area contributed by atoms with Gasteiger partial charge in [0.25, 0.3) is 0 Å². The van der Waals surface area contributed by atoms with Crippen molar-refractivity contribution >= 4 is 10.0 Å². The Bertz CT molecular complexity index is 246. The summed E-state index contributed by atoms with van der Waals surface area (Å²) in [6, 6.07) is 0. The monoisotopic (exact) mass is 220 g/mol. The van der Waals surface area contributed by atoms with Gasteiger partial charge in [-0.25, -0.2) is 13.1 Å². The molecule has 0 aromatic rings. The molecule has 0 saturated heterocycles. The number of likely N-dealkylation sites (N-methyl/N-ethyl adjacent to an activating group) is 1. The summed E-state index contributed by atoms with van der Waals surface area (Å²) in [4.78, 5) is 0. The molecule has 0 unspecified atom stereocenters. The number of hydrogen-bond acceptors (Lipinski definition) is 3. The van der Waals surface area contributed by atoms with E-state index in [0.717, 1.165) is 25.7 Å². The van der Waals surface area contributed by atoms with Crippen LogP contribution in [0.25, 0.3) is 0 Å². The molecule has 0 heterocycles. The largest absolute Gasteiger partial charge is 0.318 e. The molecular formula is C9H20N2O2S. The molecule has 4 nitrogen and oxygen atoms in total. The fourth-order valence-electron chi connectivity index (χ4n) is 1.81. The Kier molecular flexibility index (Phi) is 4.84. The van der Waals surface area contributed by atoms with Crippen LogP contribution in [0.15, 0.2) is 0 Å². The molecule has 0 spiro atoms. The number of rotatable bonds is 5. The Hall–Kier alpha value is -0.130. The van der Waals surface area contributed by atoms with E-state index in [0.29, 0.717) is 13.1 Å². The SMILES string of the molecule is CNCCNS(=O)(=O)C1CCCCC1. The van der Waals surface area contributed by atoms with Crippen molar-refractivity contribution < 1.29 is 8.42 Å². The molecule has 2 N–H and O–H groups in total. The molecule has 1 aliphatic rings. The predicted octanol–water partition coefficient (Wildman–Crippen LogP) is 0.458. The second kappa shape index (κ2) is 5.68. The third kappa shape index (κ3) is 3.55. The average Bonchev–Trinajstić information content (AvgIpc) is 2.19. The van der Waals surface area contributed by atoms with E-state index < -0.39 is 10.0 Å². The maximum absolute atomic E-state index is 11.7. The fraction of sp³-hybridized carbons (Fsp3) is 1.00. The average molecular weight is 220 g/mol. The lowest BCUT2D eigenvalue weighted by molar-refractivity contribution is 0.477. The Morgan fingerprint density at radius 3 is 2.36 bits per heavy atom. The maximum atomic E-state index is 11.7. The van der Waals surface area contributed by atoms with Gasteiger partial charge >= 0.3 is 0 Å². The Morgan fingerprint density at radius 1 is 1.14 bits per heavy atom. The van der Waals surface area contributed by atoms with Gasteiger partial charge in [-0.05, 0) is 19.9 Å². The van der Waals surface area contributed by atoms with Crippen LogP contribution >= 0.6 is 0 Å². The molecule has 0 aromatic heterocycles. The van der Waals surface area contributed by atoms with Gasteiger partial charge in [-0.15, -0.1) is 0 Å². The molecule has 0 aromatic carbocycles. The summed E-state index contributed by atoms with van der Waals surface area (Å²) in [6.07, 6.45) is 4.95. The summed E-state index contributed by atoms with van der Waals surface area (Å²) in [7, 11) is -1.23. The lowest BCUT2D eigenvalue weighted by Crippen LogP contribution is -2.38. The molecule has 0 bridgehead atoms. The molecule has 1 aliphatic carbocycles. The van der Waals surface area contributed by atoms with Gasteiger partial charge in [0.05, 0.1) is 5.25 Å². The van der Waals surface area contributed by atoms with Crippen LogP contribution in [-0.4, -0.2) is 33.8 Å². The van der Waals surface area contributed by atoms with Gasteiger partial charge in [0.1, 0.15) is 0 Å². The topological polar surface area (TPSA) is 58.2 Å². The maximum Gasteiger partial charge on any atom is 0.214 e. The first-order valence-electron chi connectivity index (χ1n) is 5.30. The normalized spacial score (nSPS) is 19.8. The lowest BCUT2D eigenvalue weighted by atomic mass is 10.0. The van der Waals surface area contributed by atoms with Gasteiger partial charge in [0.15, 0.2) is 0 Å². The van der Waals surface area contributed by atoms with Crippen molar-refractivity contribution in [2.45, 2.75) is 37.4 Å². The first-order chi connectivity index (χ1) is 6.67. The van der Waals surface area contributed by atoms with Crippen LogP contribution < -0.4 is 10.0 Å². The van der Waals surface area contributed by atoms with Gasteiger partial charge in [0, 0.05) is 13.1 Å². The van der Waals surface area contributed by atoms with E-state index in [9.17, 15) is 8.42 Å². The van der Waals surface area contributed by atoms with Gasteiger partial charge in [-0.3, -0.25) is 0 Å². The second-order valence-electron chi connectivity index (χ2n) is 3.80. The number of hydrogen-bond donors (Lipinski definition) is 2. The standard InChI is InChI=1S/C9H20N2O2S/c1-10-7-8-11-14(12,13)9-5-3-2-4-6-9/h9-11H,2-8H2,1H3. The van der Waals surface area contributed by atoms with Crippen molar-refractivity contribution in [2.75, 3.05) is 20.1 Å². The van der Waals surface area contributed by atoms with E-state index in [1.54, 1.807) is 0 Å². The second-order valence-corrected chi connectivity index (χ2v) is 5.85. The molecule has 1 saturated carbocycles. The molecule has 0 amide bonds. The van der Waals surface area contributed by atoms with Crippen molar-refractivity contribution in [2.24, 2.45) is 0 Å². The van der Waals surface area contributed by atoms with Crippen LogP contribution in [-0.2, 0) is 10.0 Å². The zero-order chi connectivity index (χ0) is 10.4. The summed E-state index contributed by atoms with van der Waals surface area (Å²) in [5.74, 6) is 0. The van der Waals surface area contributed by atoms with Crippen LogP contribution in [0.3, 0.4) is 0 Å². The molecule has 0 radical (unpaired) electrons. The predicted molar refractivity (Wildman–Crippen MR) is 57.7 cm³/mol. The van der Waals surface area contributed by atoms with Gasteiger partial charge in [-0.2, -0.15) is 0 Å². The number of nitrogens with one attached hydrogen (secondary N) is 2. The van der Waals surface area contributed by atoms with Gasteiger partial charge in [0.2, 0.25) is 10.0 Å². The van der Waals surface area contributed by atoms with E-state index in [1.165, 1.54) is 6.42 Å². The lowest BCUT2D eigenvalue weighted by Gasteiger charge is -2.21. The first-order valence-corrected chi connectivity index (χ1v) is 6.84. The minimum absolute atomic E-state index is 0.145. The van der Waals surface area contributed by atoms with E-state index in [2.05, 4.69) is 10.0 Å². The van der Waals surface area contributed by atoms with Gasteiger partial charge < -0.3 is 5.32 Å². The zero-order valence-electron chi connectivity index (χ0n) is 8.75. The van der Waals surface area contributed by atoms with Crippen LogP contribution in [0.5, 0.6) is 0 Å². The fourth-order valence-corrected chi connectivity index (χ4v) is 3.39. The van der Waals surface area contributed by atoms with E-state index in [-0.39, 0.29) is 5.25 Å². The first kappa shape index (κ1) is 11.9. The van der Waals surface area contributed by atoms with Crippen LogP contribution in [0, 0.1) is 0 Å². The Morgan fingerprint density at radius 2 is 1.79 bits per heavy atom. The highest BCUT2D eigenvalue weighted by Gasteiger charge is 2.26. The van der Waals surface area contributed by atoms with Crippen LogP contribution in [0.4, 0.5) is 0 Å². The highest BCUT2D eigenvalue weighted by Crippen LogP contribution is 2.22. The highest BCUT2D eigenvalue weighted by atomic mass is 32.2. The molecule has 14 heavy (non-hydrogen) atoms. The Balaban J connectivity index is 2.38. The number of sulfonamides is 1. The summed E-state index contributed by atoms with van der Waals surface area (Å²) in [5.41, 5.74) is 0. The van der Waals surface area contributed by atoms with Crippen molar-refractivity contribution in [3.63, 3.8) is 0 Å². The summed E-state index contributed by atoms with van der Waals surface area (Å²) in [6.45, 7) is 1.18. The summed E-state index contributed by atoms with van der Waals surface area (Å²) in [5, 5.41) is 2.77. The zero-order valence-corrected chi connectivity index (χ0v) is 9.57. The van der Waals surface area contributed by atoms with Crippen molar-refractivity contribution in [3.8, 4) is 0 Å². The van der Waals surface area contributed by atoms with Gasteiger partial charge in [-0.1, -0.05) is 19.3 Å². The molecule has 5 heteroatoms. The van der Waals surface area contributed by atoms with Crippen molar-refractivity contribution in [3.05, 3.63) is 0 Å². The third-order valence-electron chi connectivity index (χ3n) is 2.67. The van der Waals surface area contributed by atoms with E-state index >= 15 is 0 Å². The van der Waals surface area contributed by atoms with E-state index in [4.69, 9.17) is 0 Å². The molecule has 84 valence electrons. The summed E-state index contributed by atoms with van der Waals surface area (Å²) < 4.78 is 26.1. The van der Waals surface area contributed by atoms with Crippen molar-refractivity contribution in [1.82, 2.24) is 10.0 Å². The molecule has 0 atom stereocenters. The van der Waals surface area contributed by atoms with Crippen LogP contribution in [0.2, 0.25) is 0 Å². The third-order valence-corrected chi connectivity index (χ3v) is 4.62. The minimum Gasteiger partial charge on any atom is -0.318 e. The molecular weight excluding hydrogens is 200 g/mol. The summed E-state index contributed by atoms with van der Waals surface area (Å²) >= 11 is 0. The highest BCUT2D eigenvalue weighted by molar-refractivity contribution is 7.90. The molecule has 1 rings (SSSR count). The van der Waals surface area contributed by atoms with Crippen molar-refractivity contribution in [1.29, 1.82) is 0 Å². The van der Waals surface area contributed by atoms with E-state index in [1.807, 2.05) is 7.05 Å².